The van der Waals surface area contributed by atoms with Crippen molar-refractivity contribution in [2.45, 2.75) is 32.2 Å². The third kappa shape index (κ3) is 2.18. The number of rotatable bonds is 2. The van der Waals surface area contributed by atoms with Crippen molar-refractivity contribution in [2.75, 3.05) is 20.1 Å². The largest absolute Gasteiger partial charge is 0.507 e. The van der Waals surface area contributed by atoms with Gasteiger partial charge in [-0.15, -0.1) is 0 Å². The number of nitrogens with zero attached hydrogens (tertiary/aromatic N) is 2. The van der Waals surface area contributed by atoms with E-state index in [1.165, 1.54) is 18.6 Å². The molecule has 1 fully saturated rings. The van der Waals surface area contributed by atoms with Gasteiger partial charge >= 0.3 is 0 Å². The number of phenolic OH excluding ortho intramolecular Hbond substituents is 1. The summed E-state index contributed by atoms with van der Waals surface area (Å²) in [5, 5.41) is 11.0. The lowest BCUT2D eigenvalue weighted by molar-refractivity contribution is 0.251. The molecule has 1 atom stereocenters. The molecule has 0 bridgehead atoms. The summed E-state index contributed by atoms with van der Waals surface area (Å²) in [6.45, 7) is 4.95. The number of benzene rings is 1. The molecule has 3 rings (SSSR count). The number of phenols is 1. The van der Waals surface area contributed by atoms with Crippen molar-refractivity contribution in [1.82, 2.24) is 9.47 Å². The summed E-state index contributed by atoms with van der Waals surface area (Å²) in [6, 6.07) is 2.74. The first-order valence-electron chi connectivity index (χ1n) is 7.30. The molecular formula is C16H21FN2O. The van der Waals surface area contributed by atoms with E-state index >= 15 is 0 Å². The normalized spacial score (nSPS) is 20.6. The van der Waals surface area contributed by atoms with Crippen molar-refractivity contribution in [3.8, 4) is 5.75 Å². The number of likely N-dealkylation sites (tertiary alicyclic amines) is 1. The molecule has 4 heteroatoms. The van der Waals surface area contributed by atoms with Crippen LogP contribution in [0.4, 0.5) is 4.39 Å². The summed E-state index contributed by atoms with van der Waals surface area (Å²) in [5.74, 6) is 0.103. The maximum absolute atomic E-state index is 13.5. The van der Waals surface area contributed by atoms with Gasteiger partial charge in [-0.25, -0.2) is 4.39 Å². The van der Waals surface area contributed by atoms with Gasteiger partial charge in [0.25, 0.3) is 0 Å². The third-order valence-corrected chi connectivity index (χ3v) is 4.36. The summed E-state index contributed by atoms with van der Waals surface area (Å²) in [6.07, 6.45) is 4.39. The highest BCUT2D eigenvalue weighted by Crippen LogP contribution is 2.38. The fourth-order valence-corrected chi connectivity index (χ4v) is 3.39. The van der Waals surface area contributed by atoms with Crippen molar-refractivity contribution in [2.24, 2.45) is 0 Å². The van der Waals surface area contributed by atoms with E-state index in [2.05, 4.69) is 18.1 Å². The molecule has 1 aromatic carbocycles. The van der Waals surface area contributed by atoms with Crippen LogP contribution in [0.25, 0.3) is 10.9 Å². The van der Waals surface area contributed by atoms with Crippen LogP contribution in [-0.2, 0) is 6.54 Å². The number of piperidine rings is 1. The lowest BCUT2D eigenvalue weighted by Crippen LogP contribution is -2.30. The summed E-state index contributed by atoms with van der Waals surface area (Å²) in [7, 11) is 2.13. The zero-order valence-corrected chi connectivity index (χ0v) is 12.1. The van der Waals surface area contributed by atoms with Crippen LogP contribution in [0.3, 0.4) is 0 Å². The van der Waals surface area contributed by atoms with Gasteiger partial charge in [-0.05, 0) is 50.9 Å². The first-order chi connectivity index (χ1) is 9.60. The van der Waals surface area contributed by atoms with E-state index in [-0.39, 0.29) is 11.6 Å². The van der Waals surface area contributed by atoms with E-state index in [1.54, 1.807) is 0 Å². The van der Waals surface area contributed by atoms with E-state index in [1.807, 2.05) is 11.5 Å². The molecule has 20 heavy (non-hydrogen) atoms. The Hall–Kier alpha value is -1.55. The molecule has 1 aromatic heterocycles. The Bertz CT molecular complexity index is 635. The van der Waals surface area contributed by atoms with Crippen LogP contribution in [0.15, 0.2) is 18.3 Å². The zero-order valence-electron chi connectivity index (χ0n) is 12.1. The average molecular weight is 276 g/mol. The number of likely N-dealkylation sites (N-methyl/N-ethyl adjacent to an activating group) is 1. The minimum absolute atomic E-state index is 0.0652. The number of hydrogen-bond donors (Lipinski definition) is 1. The van der Waals surface area contributed by atoms with Crippen molar-refractivity contribution >= 4 is 10.9 Å². The minimum atomic E-state index is -0.380. The van der Waals surface area contributed by atoms with Gasteiger partial charge in [0.2, 0.25) is 0 Å². The monoisotopic (exact) mass is 276 g/mol. The molecule has 108 valence electrons. The average Bonchev–Trinajstić information content (AvgIpc) is 2.77. The highest BCUT2D eigenvalue weighted by Gasteiger charge is 2.24. The van der Waals surface area contributed by atoms with Crippen molar-refractivity contribution in [3.05, 3.63) is 29.7 Å². The molecule has 1 unspecified atom stereocenters. The Morgan fingerprint density at radius 1 is 1.40 bits per heavy atom. The van der Waals surface area contributed by atoms with E-state index in [9.17, 15) is 9.50 Å². The molecule has 1 N–H and O–H groups in total. The first kappa shape index (κ1) is 13.4. The van der Waals surface area contributed by atoms with Gasteiger partial charge in [0.15, 0.2) is 0 Å². The summed E-state index contributed by atoms with van der Waals surface area (Å²) in [4.78, 5) is 2.32. The van der Waals surface area contributed by atoms with Gasteiger partial charge in [0.1, 0.15) is 11.6 Å². The number of aryl methyl sites for hydroxylation is 1. The maximum Gasteiger partial charge on any atom is 0.129 e. The molecule has 0 aliphatic carbocycles. The SMILES string of the molecule is CCn1cc(C2CCCN(C)C2)c2c(O)cc(F)cc21. The number of fused-ring (bicyclic) bond motifs is 1. The summed E-state index contributed by atoms with van der Waals surface area (Å²) < 4.78 is 15.6. The molecule has 0 radical (unpaired) electrons. The Morgan fingerprint density at radius 3 is 2.90 bits per heavy atom. The highest BCUT2D eigenvalue weighted by molar-refractivity contribution is 5.90. The maximum atomic E-state index is 13.5. The van der Waals surface area contributed by atoms with Gasteiger partial charge in [-0.3, -0.25) is 0 Å². The number of aromatic nitrogens is 1. The van der Waals surface area contributed by atoms with Crippen LogP contribution < -0.4 is 0 Å². The predicted molar refractivity (Wildman–Crippen MR) is 78.7 cm³/mol. The minimum Gasteiger partial charge on any atom is -0.507 e. The molecule has 3 nitrogen and oxygen atoms in total. The number of halogens is 1. The van der Waals surface area contributed by atoms with Crippen molar-refractivity contribution < 1.29 is 9.50 Å². The molecule has 1 saturated heterocycles. The number of hydrogen-bond acceptors (Lipinski definition) is 2. The van der Waals surface area contributed by atoms with Crippen LogP contribution in [0.2, 0.25) is 0 Å². The molecule has 0 spiro atoms. The Kier molecular flexibility index (Phi) is 3.42. The fourth-order valence-electron chi connectivity index (χ4n) is 3.39. The molecule has 2 aromatic rings. The van der Waals surface area contributed by atoms with Crippen LogP contribution in [0, 0.1) is 5.82 Å². The van der Waals surface area contributed by atoms with Gasteiger partial charge in [-0.1, -0.05) is 0 Å². The van der Waals surface area contributed by atoms with Gasteiger partial charge in [0, 0.05) is 30.7 Å². The van der Waals surface area contributed by atoms with Crippen LogP contribution >= 0.6 is 0 Å². The quantitative estimate of drug-likeness (QED) is 0.911. The van der Waals surface area contributed by atoms with E-state index in [4.69, 9.17) is 0 Å². The topological polar surface area (TPSA) is 28.4 Å². The molecule has 0 amide bonds. The number of aromatic hydroxyl groups is 1. The zero-order chi connectivity index (χ0) is 14.3. The van der Waals surface area contributed by atoms with E-state index in [0.29, 0.717) is 5.92 Å². The van der Waals surface area contributed by atoms with Gasteiger partial charge in [0.05, 0.1) is 5.52 Å². The molecule has 1 aliphatic heterocycles. The van der Waals surface area contributed by atoms with Crippen LogP contribution in [0.1, 0.15) is 31.2 Å². The smallest absolute Gasteiger partial charge is 0.129 e. The lowest BCUT2D eigenvalue weighted by Gasteiger charge is -2.29. The van der Waals surface area contributed by atoms with Crippen LogP contribution in [0.5, 0.6) is 5.75 Å². The second-order valence-electron chi connectivity index (χ2n) is 5.79. The predicted octanol–water partition coefficient (Wildman–Crippen LogP) is 3.32. The first-order valence-corrected chi connectivity index (χ1v) is 7.30. The van der Waals surface area contributed by atoms with Crippen molar-refractivity contribution in [1.29, 1.82) is 0 Å². The molecule has 2 heterocycles. The van der Waals surface area contributed by atoms with Crippen LogP contribution in [-0.4, -0.2) is 34.7 Å². The van der Waals surface area contributed by atoms with E-state index < -0.39 is 0 Å². The van der Waals surface area contributed by atoms with Gasteiger partial charge < -0.3 is 14.6 Å². The van der Waals surface area contributed by atoms with Gasteiger partial charge in [-0.2, -0.15) is 0 Å². The fraction of sp³-hybridized carbons (Fsp3) is 0.500. The Balaban J connectivity index is 2.15. The Morgan fingerprint density at radius 2 is 2.20 bits per heavy atom. The second-order valence-corrected chi connectivity index (χ2v) is 5.79. The Labute approximate surface area is 118 Å². The lowest BCUT2D eigenvalue weighted by atomic mass is 9.90. The standard InChI is InChI=1S/C16H21FN2O/c1-3-19-10-13(11-5-4-6-18(2)9-11)16-14(19)7-12(17)8-15(16)20/h7-8,10-11,20H,3-6,9H2,1-2H3. The molecule has 0 saturated carbocycles. The van der Waals surface area contributed by atoms with Crippen molar-refractivity contribution in [3.63, 3.8) is 0 Å². The summed E-state index contributed by atoms with van der Waals surface area (Å²) in [5.41, 5.74) is 1.96. The molecule has 1 aliphatic rings. The molecular weight excluding hydrogens is 255 g/mol. The summed E-state index contributed by atoms with van der Waals surface area (Å²) >= 11 is 0. The third-order valence-electron chi connectivity index (χ3n) is 4.36. The second kappa shape index (κ2) is 5.09. The van der Waals surface area contributed by atoms with E-state index in [0.717, 1.165) is 42.5 Å². The highest BCUT2D eigenvalue weighted by atomic mass is 19.1.